The van der Waals surface area contributed by atoms with Gasteiger partial charge < -0.3 is 19.9 Å². The molecule has 5 rings (SSSR count). The molecule has 2 aliphatic rings. The van der Waals surface area contributed by atoms with E-state index in [-0.39, 0.29) is 56.7 Å². The van der Waals surface area contributed by atoms with Gasteiger partial charge in [0.1, 0.15) is 17.2 Å². The Balaban J connectivity index is 1.16. The number of fused-ring (bicyclic) bond motifs is 1. The van der Waals surface area contributed by atoms with Crippen LogP contribution in [-0.2, 0) is 28.9 Å². The normalized spacial score (nSPS) is 16.5. The van der Waals surface area contributed by atoms with E-state index in [0.717, 1.165) is 17.2 Å². The summed E-state index contributed by atoms with van der Waals surface area (Å²) in [6.45, 7) is 2.78. The highest BCUT2D eigenvalue weighted by Crippen LogP contribution is 2.40. The van der Waals surface area contributed by atoms with Gasteiger partial charge in [0.2, 0.25) is 12.3 Å². The van der Waals surface area contributed by atoms with Gasteiger partial charge >= 0.3 is 6.18 Å². The lowest BCUT2D eigenvalue weighted by Crippen LogP contribution is -2.47. The van der Waals surface area contributed by atoms with Crippen LogP contribution in [0.3, 0.4) is 0 Å². The van der Waals surface area contributed by atoms with Crippen LogP contribution in [-0.4, -0.2) is 66.6 Å². The number of pyridine rings is 1. The highest BCUT2D eigenvalue weighted by molar-refractivity contribution is 5.98. The third-order valence-electron chi connectivity index (χ3n) is 8.85. The molecule has 3 heterocycles. The van der Waals surface area contributed by atoms with E-state index in [0.29, 0.717) is 48.4 Å². The van der Waals surface area contributed by atoms with Crippen LogP contribution in [0.15, 0.2) is 54.7 Å². The summed E-state index contributed by atoms with van der Waals surface area (Å²) in [5, 5.41) is 5.24. The van der Waals surface area contributed by atoms with Gasteiger partial charge in [-0.3, -0.25) is 19.7 Å². The molecular weight excluding hydrogens is 618 g/mol. The molecule has 2 aliphatic heterocycles. The van der Waals surface area contributed by atoms with E-state index in [1.165, 1.54) is 18.2 Å². The number of rotatable bonds is 12. The largest absolute Gasteiger partial charge is 0.497 e. The molecule has 13 heteroatoms. The summed E-state index contributed by atoms with van der Waals surface area (Å²) in [6.07, 6.45) is -2.31. The van der Waals surface area contributed by atoms with Crippen molar-refractivity contribution in [3.63, 3.8) is 0 Å². The number of alkyl halides is 4. The molecule has 2 aromatic carbocycles. The van der Waals surface area contributed by atoms with Gasteiger partial charge in [-0.25, -0.2) is 9.37 Å². The number of imide groups is 1. The SMILES string of the molecule is COc1cccc(-c2cnc(N3CCC(F)(CNCc4ccc5c(c4)CN(C(C)CCC(=O)NC=O)C5=O)CC3)c(C(F)(F)F)c2)c1. The number of nitrogens with zero attached hydrogens (tertiary/aromatic N) is 3. The summed E-state index contributed by atoms with van der Waals surface area (Å²) in [5.74, 6) is -0.221. The van der Waals surface area contributed by atoms with Crippen molar-refractivity contribution in [2.45, 2.75) is 63.6 Å². The van der Waals surface area contributed by atoms with E-state index in [2.05, 4.69) is 15.6 Å². The van der Waals surface area contributed by atoms with Gasteiger partial charge in [-0.1, -0.05) is 24.3 Å². The second-order valence-corrected chi connectivity index (χ2v) is 12.1. The lowest BCUT2D eigenvalue weighted by Gasteiger charge is -2.38. The maximum atomic E-state index is 15.8. The van der Waals surface area contributed by atoms with Crippen molar-refractivity contribution in [1.29, 1.82) is 0 Å². The minimum Gasteiger partial charge on any atom is -0.497 e. The Morgan fingerprint density at radius 3 is 2.60 bits per heavy atom. The Kier molecular flexibility index (Phi) is 10.1. The number of methoxy groups -OCH3 is 1. The van der Waals surface area contributed by atoms with Crippen molar-refractivity contribution in [2.24, 2.45) is 0 Å². The molecule has 0 radical (unpaired) electrons. The third-order valence-corrected chi connectivity index (χ3v) is 8.85. The van der Waals surface area contributed by atoms with E-state index in [1.54, 1.807) is 35.2 Å². The summed E-state index contributed by atoms with van der Waals surface area (Å²) < 4.78 is 63.5. The average molecular weight is 656 g/mol. The van der Waals surface area contributed by atoms with Gasteiger partial charge in [-0.05, 0) is 54.3 Å². The molecule has 2 N–H and O–H groups in total. The number of hydrogen-bond acceptors (Lipinski definition) is 7. The fraction of sp³-hybridized carbons (Fsp3) is 0.412. The van der Waals surface area contributed by atoms with E-state index < -0.39 is 23.3 Å². The third kappa shape index (κ3) is 7.90. The molecule has 1 aromatic heterocycles. The molecule has 3 aromatic rings. The average Bonchev–Trinajstić information content (AvgIpc) is 3.39. The zero-order chi connectivity index (χ0) is 33.8. The first kappa shape index (κ1) is 33.8. The Morgan fingerprint density at radius 1 is 1.13 bits per heavy atom. The number of halogens is 4. The summed E-state index contributed by atoms with van der Waals surface area (Å²) in [4.78, 5) is 42.4. The van der Waals surface area contributed by atoms with E-state index in [1.807, 2.05) is 19.1 Å². The minimum absolute atomic E-state index is 0.0250. The van der Waals surface area contributed by atoms with Crippen molar-refractivity contribution in [1.82, 2.24) is 20.5 Å². The van der Waals surface area contributed by atoms with Crippen LogP contribution in [0.5, 0.6) is 5.75 Å². The maximum absolute atomic E-state index is 15.8. The molecule has 1 fully saturated rings. The molecule has 47 heavy (non-hydrogen) atoms. The molecule has 3 amide bonds. The van der Waals surface area contributed by atoms with Gasteiger partial charge in [-0.2, -0.15) is 13.2 Å². The monoisotopic (exact) mass is 655 g/mol. The Bertz CT molecular complexity index is 1620. The van der Waals surface area contributed by atoms with Gasteiger partial charge in [0, 0.05) is 75.4 Å². The van der Waals surface area contributed by atoms with E-state index in [9.17, 15) is 27.6 Å². The fourth-order valence-corrected chi connectivity index (χ4v) is 6.10. The molecule has 1 unspecified atom stereocenters. The number of aromatic nitrogens is 1. The Labute approximate surface area is 270 Å². The standard InChI is InChI=1S/C34H37F4N5O4/c1-22(6-9-30(45)41-21-44)43-19-26-14-23(7-8-28(26)32(43)46)17-39-20-33(35)10-12-42(13-11-33)31-29(34(36,37)38)16-25(18-40-31)24-4-3-5-27(15-24)47-2/h3-5,7-8,14-16,18,21-22,39H,6,9-13,17,19-20H2,1-2H3,(H,41,44,45). The summed E-state index contributed by atoms with van der Waals surface area (Å²) in [5.41, 5.74) is 0.661. The maximum Gasteiger partial charge on any atom is 0.419 e. The molecule has 0 bridgehead atoms. The number of amides is 3. The van der Waals surface area contributed by atoms with E-state index >= 15 is 4.39 Å². The van der Waals surface area contributed by atoms with Crippen molar-refractivity contribution in [3.05, 3.63) is 77.0 Å². The van der Waals surface area contributed by atoms with Gasteiger partial charge in [-0.15, -0.1) is 0 Å². The van der Waals surface area contributed by atoms with Crippen LogP contribution >= 0.6 is 0 Å². The van der Waals surface area contributed by atoms with Crippen LogP contribution in [0.4, 0.5) is 23.4 Å². The molecule has 1 saturated heterocycles. The first-order valence-corrected chi connectivity index (χ1v) is 15.4. The number of hydrogen-bond donors (Lipinski definition) is 2. The van der Waals surface area contributed by atoms with Gasteiger partial charge in [0.25, 0.3) is 5.91 Å². The number of benzene rings is 2. The lowest BCUT2D eigenvalue weighted by molar-refractivity contribution is -0.137. The van der Waals surface area contributed by atoms with Crippen LogP contribution in [0.2, 0.25) is 0 Å². The van der Waals surface area contributed by atoms with Crippen molar-refractivity contribution < 1.29 is 36.7 Å². The molecule has 9 nitrogen and oxygen atoms in total. The van der Waals surface area contributed by atoms with E-state index in [4.69, 9.17) is 4.74 Å². The number of ether oxygens (including phenoxy) is 1. The number of piperidine rings is 1. The summed E-state index contributed by atoms with van der Waals surface area (Å²) >= 11 is 0. The van der Waals surface area contributed by atoms with Gasteiger partial charge in [0.05, 0.1) is 12.7 Å². The molecule has 1 atom stereocenters. The molecule has 250 valence electrons. The van der Waals surface area contributed by atoms with Crippen LogP contribution in [0.25, 0.3) is 11.1 Å². The first-order chi connectivity index (χ1) is 22.4. The first-order valence-electron chi connectivity index (χ1n) is 15.4. The Hall–Kier alpha value is -4.52. The summed E-state index contributed by atoms with van der Waals surface area (Å²) in [6, 6.07) is 13.1. The van der Waals surface area contributed by atoms with Crippen LogP contribution in [0, 0.1) is 0 Å². The molecular formula is C34H37F4N5O4. The predicted molar refractivity (Wildman–Crippen MR) is 167 cm³/mol. The second-order valence-electron chi connectivity index (χ2n) is 12.1. The van der Waals surface area contributed by atoms with Crippen molar-refractivity contribution in [3.8, 4) is 16.9 Å². The van der Waals surface area contributed by atoms with Crippen molar-refractivity contribution in [2.75, 3.05) is 31.6 Å². The molecule has 0 spiro atoms. The number of anilines is 1. The zero-order valence-corrected chi connectivity index (χ0v) is 26.2. The second kappa shape index (κ2) is 14.1. The van der Waals surface area contributed by atoms with Gasteiger partial charge in [0.15, 0.2) is 0 Å². The minimum atomic E-state index is -4.65. The fourth-order valence-electron chi connectivity index (χ4n) is 6.10. The Morgan fingerprint density at radius 2 is 1.89 bits per heavy atom. The number of carbonyl (C=O) groups is 3. The smallest absolute Gasteiger partial charge is 0.419 e. The molecule has 0 aliphatic carbocycles. The van der Waals surface area contributed by atoms with Crippen molar-refractivity contribution >= 4 is 24.0 Å². The van der Waals surface area contributed by atoms with Crippen LogP contribution < -0.4 is 20.3 Å². The highest BCUT2D eigenvalue weighted by Gasteiger charge is 2.40. The number of nitrogens with one attached hydrogen (secondary N) is 2. The summed E-state index contributed by atoms with van der Waals surface area (Å²) in [7, 11) is 1.48. The lowest BCUT2D eigenvalue weighted by atomic mass is 9.92. The zero-order valence-electron chi connectivity index (χ0n) is 26.2. The quantitative estimate of drug-likeness (QED) is 0.203. The molecule has 0 saturated carbocycles. The number of carbonyl (C=O) groups excluding carboxylic acids is 3. The topological polar surface area (TPSA) is 104 Å². The highest BCUT2D eigenvalue weighted by atomic mass is 19.4. The van der Waals surface area contributed by atoms with Crippen LogP contribution in [0.1, 0.15) is 59.7 Å². The predicted octanol–water partition coefficient (Wildman–Crippen LogP) is 5.27.